The smallest absolute Gasteiger partial charge is 0.332 e. The van der Waals surface area contributed by atoms with Gasteiger partial charge in [0.1, 0.15) is 5.60 Å². The van der Waals surface area contributed by atoms with Crippen LogP contribution in [0.4, 0.5) is 0 Å². The molecule has 0 bridgehead atoms. The molecule has 3 rings (SSSR count). The Labute approximate surface area is 197 Å². The number of carbonyl (C=O) groups excluding carboxylic acids is 2. The number of hydrogen-bond donors (Lipinski definition) is 0. The molecule has 1 heterocycles. The number of benzene rings is 2. The van der Waals surface area contributed by atoms with Gasteiger partial charge in [0.05, 0.1) is 11.7 Å². The summed E-state index contributed by atoms with van der Waals surface area (Å²) in [6.07, 6.45) is -0.546. The van der Waals surface area contributed by atoms with E-state index in [1.165, 1.54) is 0 Å². The van der Waals surface area contributed by atoms with Gasteiger partial charge in [0.2, 0.25) is 0 Å². The predicted molar refractivity (Wildman–Crippen MR) is 129 cm³/mol. The molecule has 174 valence electrons. The molecule has 1 aliphatic rings. The summed E-state index contributed by atoms with van der Waals surface area (Å²) >= 11 is 0. The van der Waals surface area contributed by atoms with E-state index in [4.69, 9.17) is 9.47 Å². The molecule has 5 heteroatoms. The Hall–Kier alpha value is -3.10. The van der Waals surface area contributed by atoms with E-state index in [-0.39, 0.29) is 5.91 Å². The number of fused-ring (bicyclic) bond motifs is 1. The highest BCUT2D eigenvalue weighted by molar-refractivity contribution is 6.01. The average molecular weight is 448 g/mol. The third kappa shape index (κ3) is 6.46. The molecule has 2 aromatic carbocycles. The van der Waals surface area contributed by atoms with Gasteiger partial charge in [-0.2, -0.15) is 0 Å². The van der Waals surface area contributed by atoms with Crippen LogP contribution in [0.2, 0.25) is 0 Å². The van der Waals surface area contributed by atoms with E-state index in [2.05, 4.69) is 11.8 Å². The van der Waals surface area contributed by atoms with Gasteiger partial charge in [0, 0.05) is 23.2 Å². The number of nitrogens with zero attached hydrogens (tertiary/aromatic N) is 1. The van der Waals surface area contributed by atoms with Gasteiger partial charge in [-0.05, 0) is 84.4 Å². The molecule has 0 saturated carbocycles. The Kier molecular flexibility index (Phi) is 7.00. The zero-order valence-electron chi connectivity index (χ0n) is 20.6. The molecule has 0 aliphatic carbocycles. The number of ether oxygens (including phenoxy) is 2. The van der Waals surface area contributed by atoms with Crippen LogP contribution >= 0.6 is 0 Å². The first-order chi connectivity index (χ1) is 15.3. The van der Waals surface area contributed by atoms with Crippen LogP contribution in [0, 0.1) is 11.8 Å². The maximum Gasteiger partial charge on any atom is 0.332 e. The van der Waals surface area contributed by atoms with Crippen molar-refractivity contribution in [3.63, 3.8) is 0 Å². The summed E-state index contributed by atoms with van der Waals surface area (Å²) in [6.45, 7) is 13.3. The van der Waals surface area contributed by atoms with Gasteiger partial charge in [-0.3, -0.25) is 4.79 Å². The summed E-state index contributed by atoms with van der Waals surface area (Å²) < 4.78 is 11.8. The van der Waals surface area contributed by atoms with Gasteiger partial charge in [0.15, 0.2) is 6.04 Å². The van der Waals surface area contributed by atoms with Gasteiger partial charge < -0.3 is 14.4 Å². The van der Waals surface area contributed by atoms with Crippen LogP contribution in [-0.2, 0) is 20.8 Å². The van der Waals surface area contributed by atoms with Gasteiger partial charge in [-0.1, -0.05) is 30.0 Å². The van der Waals surface area contributed by atoms with Gasteiger partial charge in [-0.15, -0.1) is 0 Å². The molecular weight excluding hydrogens is 414 g/mol. The molecule has 0 radical (unpaired) electrons. The van der Waals surface area contributed by atoms with E-state index in [0.717, 1.165) is 16.7 Å². The number of amides is 1. The number of hydrogen-bond acceptors (Lipinski definition) is 4. The zero-order valence-corrected chi connectivity index (χ0v) is 20.6. The standard InChI is InChI=1S/C28H33NO4/c1-19(32-27(2,3)4)24(26(31)33-28(5,6)7)29-18-22-17-21(15-16-23(22)25(29)30)14-13-20-11-9-8-10-12-20/h8-12,15-17,19,24H,18H2,1-7H3/t19-,24+/m1/s1. The molecule has 0 N–H and O–H groups in total. The van der Waals surface area contributed by atoms with Gasteiger partial charge >= 0.3 is 5.97 Å². The summed E-state index contributed by atoms with van der Waals surface area (Å²) in [5.74, 6) is 5.63. The predicted octanol–water partition coefficient (Wildman–Crippen LogP) is 4.96. The minimum atomic E-state index is -0.859. The molecule has 2 aromatic rings. The largest absolute Gasteiger partial charge is 0.458 e. The Bertz CT molecular complexity index is 1080. The van der Waals surface area contributed by atoms with Crippen molar-refractivity contribution in [1.82, 2.24) is 4.90 Å². The van der Waals surface area contributed by atoms with E-state index in [9.17, 15) is 9.59 Å². The van der Waals surface area contributed by atoms with Crippen LogP contribution in [-0.4, -0.2) is 40.1 Å². The van der Waals surface area contributed by atoms with Gasteiger partial charge in [0.25, 0.3) is 5.91 Å². The fraction of sp³-hybridized carbons (Fsp3) is 0.429. The lowest BCUT2D eigenvalue weighted by Gasteiger charge is -2.36. The first kappa shape index (κ1) is 24.5. The Morgan fingerprint density at radius 2 is 1.58 bits per heavy atom. The lowest BCUT2D eigenvalue weighted by atomic mass is 10.1. The van der Waals surface area contributed by atoms with E-state index in [1.54, 1.807) is 11.0 Å². The minimum Gasteiger partial charge on any atom is -0.458 e. The second-order valence-corrected chi connectivity index (χ2v) is 10.3. The van der Waals surface area contributed by atoms with Crippen LogP contribution in [0.5, 0.6) is 0 Å². The first-order valence-corrected chi connectivity index (χ1v) is 11.3. The Balaban J connectivity index is 1.89. The van der Waals surface area contributed by atoms with Crippen molar-refractivity contribution in [2.24, 2.45) is 0 Å². The normalized spacial score (nSPS) is 15.4. The van der Waals surface area contributed by atoms with E-state index >= 15 is 0 Å². The summed E-state index contributed by atoms with van der Waals surface area (Å²) in [5.41, 5.74) is 2.02. The lowest BCUT2D eigenvalue weighted by Crippen LogP contribution is -2.52. The van der Waals surface area contributed by atoms with Crippen molar-refractivity contribution in [3.8, 4) is 11.8 Å². The second kappa shape index (κ2) is 9.41. The molecule has 2 atom stereocenters. The minimum absolute atomic E-state index is 0.201. The Morgan fingerprint density at radius 1 is 0.939 bits per heavy atom. The van der Waals surface area contributed by atoms with Crippen molar-refractivity contribution in [2.45, 2.75) is 78.4 Å². The second-order valence-electron chi connectivity index (χ2n) is 10.3. The van der Waals surface area contributed by atoms with Crippen molar-refractivity contribution in [3.05, 3.63) is 70.8 Å². The number of rotatable bonds is 4. The van der Waals surface area contributed by atoms with Crippen LogP contribution in [0.3, 0.4) is 0 Å². The van der Waals surface area contributed by atoms with Crippen LogP contribution in [0.1, 0.15) is 75.5 Å². The highest BCUT2D eigenvalue weighted by Crippen LogP contribution is 2.29. The maximum atomic E-state index is 13.3. The van der Waals surface area contributed by atoms with Gasteiger partial charge in [-0.25, -0.2) is 4.79 Å². The molecule has 33 heavy (non-hydrogen) atoms. The highest BCUT2D eigenvalue weighted by Gasteiger charge is 2.43. The van der Waals surface area contributed by atoms with E-state index in [0.29, 0.717) is 12.1 Å². The van der Waals surface area contributed by atoms with Crippen LogP contribution in [0.15, 0.2) is 48.5 Å². The monoisotopic (exact) mass is 447 g/mol. The summed E-state index contributed by atoms with van der Waals surface area (Å²) in [5, 5.41) is 0. The average Bonchev–Trinajstić information content (AvgIpc) is 3.00. The molecule has 1 amide bonds. The van der Waals surface area contributed by atoms with E-state index < -0.39 is 29.3 Å². The molecule has 0 fully saturated rings. The van der Waals surface area contributed by atoms with Crippen LogP contribution < -0.4 is 0 Å². The maximum absolute atomic E-state index is 13.3. The number of esters is 1. The molecular formula is C28H33NO4. The highest BCUT2D eigenvalue weighted by atomic mass is 16.6. The summed E-state index contributed by atoms with van der Waals surface area (Å²) in [7, 11) is 0. The Morgan fingerprint density at radius 3 is 2.18 bits per heavy atom. The van der Waals surface area contributed by atoms with Crippen molar-refractivity contribution < 1.29 is 19.1 Å². The summed E-state index contributed by atoms with van der Waals surface area (Å²) in [6, 6.07) is 14.4. The van der Waals surface area contributed by atoms with Crippen molar-refractivity contribution >= 4 is 11.9 Å². The lowest BCUT2D eigenvalue weighted by molar-refractivity contribution is -0.170. The SMILES string of the molecule is C[C@@H](OC(C)(C)C)[C@@H](C(=O)OC(C)(C)C)N1Cc2cc(C#Cc3ccccc3)ccc2C1=O. The molecule has 0 unspecified atom stereocenters. The summed E-state index contributed by atoms with van der Waals surface area (Å²) in [4.78, 5) is 28.0. The fourth-order valence-corrected chi connectivity index (χ4v) is 3.87. The molecule has 0 aromatic heterocycles. The first-order valence-electron chi connectivity index (χ1n) is 11.3. The topological polar surface area (TPSA) is 55.8 Å². The third-order valence-electron chi connectivity index (χ3n) is 5.03. The number of carbonyl (C=O) groups is 2. The van der Waals surface area contributed by atoms with Crippen molar-refractivity contribution in [2.75, 3.05) is 0 Å². The third-order valence-corrected chi connectivity index (χ3v) is 5.03. The van der Waals surface area contributed by atoms with Crippen molar-refractivity contribution in [1.29, 1.82) is 0 Å². The quantitative estimate of drug-likeness (QED) is 0.491. The fourth-order valence-electron chi connectivity index (χ4n) is 3.87. The molecule has 5 nitrogen and oxygen atoms in total. The molecule has 1 aliphatic heterocycles. The molecule has 0 saturated heterocycles. The van der Waals surface area contributed by atoms with Crippen LogP contribution in [0.25, 0.3) is 0 Å². The zero-order chi connectivity index (χ0) is 24.4. The molecule has 0 spiro atoms. The van der Waals surface area contributed by atoms with E-state index in [1.807, 2.05) is 90.9 Å².